The van der Waals surface area contributed by atoms with Gasteiger partial charge in [0.05, 0.1) is 26.0 Å². The zero-order chi connectivity index (χ0) is 12.4. The average Bonchev–Trinajstić information content (AvgIpc) is 2.71. The first-order valence-corrected chi connectivity index (χ1v) is 6.73. The topological polar surface area (TPSA) is 56.2 Å². The summed E-state index contributed by atoms with van der Waals surface area (Å²) in [4.78, 5) is 11.7. The Bertz CT molecular complexity index is 437. The maximum Gasteiger partial charge on any atom is 0.223 e. The molecule has 2 aliphatic rings. The summed E-state index contributed by atoms with van der Waals surface area (Å²) < 4.78 is 7.38. The van der Waals surface area contributed by atoms with Crippen molar-refractivity contribution in [2.45, 2.75) is 38.8 Å². The van der Waals surface area contributed by atoms with Gasteiger partial charge in [0.1, 0.15) is 0 Å². The Morgan fingerprint density at radius 1 is 1.56 bits per heavy atom. The molecule has 1 aromatic heterocycles. The van der Waals surface area contributed by atoms with Crippen molar-refractivity contribution in [3.8, 4) is 0 Å². The van der Waals surface area contributed by atoms with Crippen molar-refractivity contribution in [1.29, 1.82) is 0 Å². The molecule has 0 aromatic carbocycles. The van der Waals surface area contributed by atoms with E-state index in [0.717, 1.165) is 32.4 Å². The first kappa shape index (κ1) is 11.7. The lowest BCUT2D eigenvalue weighted by Crippen LogP contribution is -2.36. The van der Waals surface area contributed by atoms with Crippen LogP contribution in [-0.2, 0) is 29.1 Å². The van der Waals surface area contributed by atoms with Crippen molar-refractivity contribution in [2.24, 2.45) is 5.92 Å². The third-order valence-electron chi connectivity index (χ3n) is 3.87. The molecule has 18 heavy (non-hydrogen) atoms. The van der Waals surface area contributed by atoms with Gasteiger partial charge in [0.2, 0.25) is 5.91 Å². The number of carbonyl (C=O) groups excluding carboxylic acids is 1. The van der Waals surface area contributed by atoms with Gasteiger partial charge in [0.15, 0.2) is 0 Å². The summed E-state index contributed by atoms with van der Waals surface area (Å²) in [6, 6.07) is 0. The summed E-state index contributed by atoms with van der Waals surface area (Å²) in [6.45, 7) is 2.87. The number of rotatable bonds is 4. The maximum absolute atomic E-state index is 11.7. The van der Waals surface area contributed by atoms with E-state index in [4.69, 9.17) is 4.74 Å². The molecular formula is C13H19N3O2. The van der Waals surface area contributed by atoms with E-state index in [2.05, 4.69) is 10.4 Å². The summed E-state index contributed by atoms with van der Waals surface area (Å²) in [6.07, 6.45) is 6.11. The largest absolute Gasteiger partial charge is 0.376 e. The molecule has 0 atom stereocenters. The maximum atomic E-state index is 11.7. The highest BCUT2D eigenvalue weighted by molar-refractivity contribution is 5.79. The van der Waals surface area contributed by atoms with Crippen molar-refractivity contribution in [3.05, 3.63) is 17.5 Å². The Morgan fingerprint density at radius 2 is 2.44 bits per heavy atom. The SMILES string of the molecule is O=C(NCCn1ncc2c1CCOC2)C1CCC1. The summed E-state index contributed by atoms with van der Waals surface area (Å²) in [7, 11) is 0. The fraction of sp³-hybridized carbons (Fsp3) is 0.692. The van der Waals surface area contributed by atoms with E-state index in [9.17, 15) is 4.79 Å². The van der Waals surface area contributed by atoms with Gasteiger partial charge in [0.25, 0.3) is 0 Å². The molecule has 5 heteroatoms. The van der Waals surface area contributed by atoms with Crippen molar-refractivity contribution in [1.82, 2.24) is 15.1 Å². The number of hydrogen-bond acceptors (Lipinski definition) is 3. The van der Waals surface area contributed by atoms with E-state index in [0.29, 0.717) is 13.2 Å². The molecule has 1 aromatic rings. The van der Waals surface area contributed by atoms with Gasteiger partial charge in [-0.25, -0.2) is 0 Å². The van der Waals surface area contributed by atoms with Gasteiger partial charge in [-0.1, -0.05) is 6.42 Å². The molecule has 1 amide bonds. The molecule has 2 heterocycles. The first-order chi connectivity index (χ1) is 8.84. The number of hydrogen-bond donors (Lipinski definition) is 1. The normalized spacial score (nSPS) is 19.1. The van der Waals surface area contributed by atoms with Crippen molar-refractivity contribution < 1.29 is 9.53 Å². The third kappa shape index (κ3) is 2.27. The smallest absolute Gasteiger partial charge is 0.223 e. The van der Waals surface area contributed by atoms with Crippen LogP contribution < -0.4 is 5.32 Å². The number of aromatic nitrogens is 2. The molecule has 0 bridgehead atoms. The number of nitrogens with one attached hydrogen (secondary N) is 1. The Kier molecular flexibility index (Phi) is 3.32. The molecule has 3 rings (SSSR count). The van der Waals surface area contributed by atoms with Crippen molar-refractivity contribution in [2.75, 3.05) is 13.2 Å². The number of fused-ring (bicyclic) bond motifs is 1. The van der Waals surface area contributed by atoms with E-state index in [1.807, 2.05) is 10.9 Å². The molecule has 1 N–H and O–H groups in total. The zero-order valence-corrected chi connectivity index (χ0v) is 10.5. The monoisotopic (exact) mass is 249 g/mol. The van der Waals surface area contributed by atoms with Gasteiger partial charge in [-0.3, -0.25) is 9.48 Å². The van der Waals surface area contributed by atoms with E-state index in [-0.39, 0.29) is 11.8 Å². The molecule has 0 saturated heterocycles. The quantitative estimate of drug-likeness (QED) is 0.861. The highest BCUT2D eigenvalue weighted by Gasteiger charge is 2.24. The highest BCUT2D eigenvalue weighted by atomic mass is 16.5. The molecular weight excluding hydrogens is 230 g/mol. The van der Waals surface area contributed by atoms with Crippen LogP contribution in [0.25, 0.3) is 0 Å². The lowest BCUT2D eigenvalue weighted by Gasteiger charge is -2.24. The fourth-order valence-corrected chi connectivity index (χ4v) is 2.50. The Labute approximate surface area is 107 Å². The van der Waals surface area contributed by atoms with Crippen LogP contribution in [0.3, 0.4) is 0 Å². The predicted octanol–water partition coefficient (Wildman–Crippen LogP) is 0.872. The van der Waals surface area contributed by atoms with E-state index < -0.39 is 0 Å². The minimum absolute atomic E-state index is 0.214. The van der Waals surface area contributed by atoms with Gasteiger partial charge >= 0.3 is 0 Å². The Hall–Kier alpha value is -1.36. The summed E-state index contributed by atoms with van der Waals surface area (Å²) >= 11 is 0. The first-order valence-electron chi connectivity index (χ1n) is 6.73. The standard InChI is InChI=1S/C13H19N3O2/c17-13(10-2-1-3-10)14-5-6-16-12-4-7-18-9-11(12)8-15-16/h8,10H,1-7,9H2,(H,14,17). The van der Waals surface area contributed by atoms with Gasteiger partial charge in [-0.05, 0) is 12.8 Å². The zero-order valence-electron chi connectivity index (χ0n) is 10.5. The summed E-state index contributed by atoms with van der Waals surface area (Å²) in [5.74, 6) is 0.482. The Morgan fingerprint density at radius 3 is 3.22 bits per heavy atom. The molecule has 0 unspecified atom stereocenters. The number of amides is 1. The average molecular weight is 249 g/mol. The van der Waals surface area contributed by atoms with Gasteiger partial charge in [-0.15, -0.1) is 0 Å². The fourth-order valence-electron chi connectivity index (χ4n) is 2.50. The predicted molar refractivity (Wildman–Crippen MR) is 65.9 cm³/mol. The minimum Gasteiger partial charge on any atom is -0.376 e. The second-order valence-corrected chi connectivity index (χ2v) is 5.06. The molecule has 0 spiro atoms. The molecule has 1 aliphatic heterocycles. The molecule has 1 saturated carbocycles. The highest BCUT2D eigenvalue weighted by Crippen LogP contribution is 2.26. The van der Waals surface area contributed by atoms with Crippen molar-refractivity contribution in [3.63, 3.8) is 0 Å². The van der Waals surface area contributed by atoms with Crippen LogP contribution in [-0.4, -0.2) is 28.8 Å². The molecule has 98 valence electrons. The van der Waals surface area contributed by atoms with Crippen LogP contribution in [0.2, 0.25) is 0 Å². The third-order valence-corrected chi connectivity index (χ3v) is 3.87. The number of ether oxygens (including phenoxy) is 1. The summed E-state index contributed by atoms with van der Waals surface area (Å²) in [5.41, 5.74) is 2.45. The van der Waals surface area contributed by atoms with Gasteiger partial charge < -0.3 is 10.1 Å². The molecule has 5 nitrogen and oxygen atoms in total. The second kappa shape index (κ2) is 5.10. The van der Waals surface area contributed by atoms with Gasteiger partial charge in [0, 0.05) is 30.1 Å². The molecule has 1 fully saturated rings. The minimum atomic E-state index is 0.214. The van der Waals surface area contributed by atoms with E-state index >= 15 is 0 Å². The number of carbonyl (C=O) groups is 1. The molecule has 1 aliphatic carbocycles. The lowest BCUT2D eigenvalue weighted by molar-refractivity contribution is -0.127. The van der Waals surface area contributed by atoms with Crippen LogP contribution in [0, 0.1) is 5.92 Å². The molecule has 0 radical (unpaired) electrons. The second-order valence-electron chi connectivity index (χ2n) is 5.06. The van der Waals surface area contributed by atoms with Crippen LogP contribution in [0.1, 0.15) is 30.5 Å². The Balaban J connectivity index is 1.50. The van der Waals surface area contributed by atoms with Crippen LogP contribution >= 0.6 is 0 Å². The van der Waals surface area contributed by atoms with Crippen LogP contribution in [0.4, 0.5) is 0 Å². The van der Waals surface area contributed by atoms with Gasteiger partial charge in [-0.2, -0.15) is 5.10 Å². The summed E-state index contributed by atoms with van der Waals surface area (Å²) in [5, 5.41) is 7.36. The van der Waals surface area contributed by atoms with Crippen molar-refractivity contribution >= 4 is 5.91 Å². The lowest BCUT2D eigenvalue weighted by atomic mass is 9.85. The van der Waals surface area contributed by atoms with E-state index in [1.54, 1.807) is 0 Å². The van der Waals surface area contributed by atoms with Crippen LogP contribution in [0.15, 0.2) is 6.20 Å². The number of nitrogens with zero attached hydrogens (tertiary/aromatic N) is 2. The van der Waals surface area contributed by atoms with Crippen LogP contribution in [0.5, 0.6) is 0 Å². The van der Waals surface area contributed by atoms with E-state index in [1.165, 1.54) is 17.7 Å².